The smallest absolute Gasteiger partial charge is 0.326 e. The summed E-state index contributed by atoms with van der Waals surface area (Å²) in [6.45, 7) is 2.36. The predicted octanol–water partition coefficient (Wildman–Crippen LogP) is 7.90. The van der Waals surface area contributed by atoms with Gasteiger partial charge in [-0.25, -0.2) is 4.98 Å². The first-order valence-electron chi connectivity index (χ1n) is 11.0. The fourth-order valence-corrected chi connectivity index (χ4v) is 4.38. The third kappa shape index (κ3) is 6.77. The van der Waals surface area contributed by atoms with E-state index < -0.39 is 5.51 Å². The summed E-state index contributed by atoms with van der Waals surface area (Å²) in [6.07, 6.45) is 9.12. The van der Waals surface area contributed by atoms with Gasteiger partial charge in [-0.05, 0) is 60.1 Å². The molecular formula is C24H26F3N5S. The van der Waals surface area contributed by atoms with Gasteiger partial charge >= 0.3 is 5.51 Å². The van der Waals surface area contributed by atoms with Crippen molar-refractivity contribution in [1.29, 1.82) is 0 Å². The first kappa shape index (κ1) is 23.2. The number of hydrogen-bond acceptors (Lipinski definition) is 4. The second-order valence-electron chi connectivity index (χ2n) is 8.23. The average molecular weight is 474 g/mol. The van der Waals surface area contributed by atoms with Crippen molar-refractivity contribution in [3.8, 4) is 11.3 Å². The molecule has 1 aliphatic carbocycles. The molecule has 2 aromatic heterocycles. The van der Waals surface area contributed by atoms with Gasteiger partial charge in [0.15, 0.2) is 0 Å². The number of fused-ring (bicyclic) bond motifs is 1. The van der Waals surface area contributed by atoms with Gasteiger partial charge < -0.3 is 10.3 Å². The van der Waals surface area contributed by atoms with Crippen LogP contribution in [0.1, 0.15) is 39.0 Å². The van der Waals surface area contributed by atoms with Gasteiger partial charge in [-0.15, -0.1) is 0 Å². The van der Waals surface area contributed by atoms with Gasteiger partial charge in [-0.3, -0.25) is 5.10 Å². The number of rotatable bonds is 4. The standard InChI is InChI=1S/C17H12F3N5S.C7H14/c18-17(19,20)26-12-4-2-11(3-5-12)22-16-23-14-6-1-10(9-15(14)24-16)13-7-8-21-25-13;1-7-5-3-2-4-6-7/h1-9H,(H,21,25)(H2,22,23,24);7H,2-6H2,1H3. The molecule has 9 heteroatoms. The predicted molar refractivity (Wildman–Crippen MR) is 128 cm³/mol. The summed E-state index contributed by atoms with van der Waals surface area (Å²) in [5, 5.41) is 9.90. The van der Waals surface area contributed by atoms with Gasteiger partial charge in [0.05, 0.1) is 16.7 Å². The van der Waals surface area contributed by atoms with Crippen LogP contribution in [0.15, 0.2) is 59.6 Å². The third-order valence-corrected chi connectivity index (χ3v) is 6.28. The van der Waals surface area contributed by atoms with E-state index in [-0.39, 0.29) is 16.7 Å². The zero-order chi connectivity index (χ0) is 23.3. The Bertz CT molecular complexity index is 1150. The maximum absolute atomic E-state index is 12.4. The number of imidazole rings is 1. The van der Waals surface area contributed by atoms with Crippen molar-refractivity contribution in [3.05, 3.63) is 54.7 Å². The number of alkyl halides is 3. The molecular weight excluding hydrogens is 447 g/mol. The lowest BCUT2D eigenvalue weighted by atomic mass is 9.91. The van der Waals surface area contributed by atoms with E-state index in [1.807, 2.05) is 24.3 Å². The quantitative estimate of drug-likeness (QED) is 0.264. The van der Waals surface area contributed by atoms with E-state index in [2.05, 4.69) is 32.4 Å². The van der Waals surface area contributed by atoms with Crippen molar-refractivity contribution in [2.45, 2.75) is 49.4 Å². The minimum atomic E-state index is -4.29. The molecule has 0 atom stereocenters. The monoisotopic (exact) mass is 473 g/mol. The SMILES string of the molecule is CC1CCCCC1.FC(F)(F)Sc1ccc(Nc2nc3ccc(-c4ccn[nH]4)cc3[nH]2)cc1. The summed E-state index contributed by atoms with van der Waals surface area (Å²) >= 11 is -0.139. The minimum absolute atomic E-state index is 0.136. The van der Waals surface area contributed by atoms with Crippen molar-refractivity contribution < 1.29 is 13.2 Å². The molecule has 0 bridgehead atoms. The van der Waals surface area contributed by atoms with Gasteiger partial charge in [0.2, 0.25) is 5.95 Å². The highest BCUT2D eigenvalue weighted by molar-refractivity contribution is 8.00. The maximum Gasteiger partial charge on any atom is 0.446 e. The van der Waals surface area contributed by atoms with Crippen LogP contribution in [-0.2, 0) is 0 Å². The molecule has 0 spiro atoms. The molecule has 0 saturated heterocycles. The van der Waals surface area contributed by atoms with Crippen LogP contribution in [0.3, 0.4) is 0 Å². The number of aromatic amines is 2. The molecule has 0 amide bonds. The molecule has 1 fully saturated rings. The molecule has 0 radical (unpaired) electrons. The van der Waals surface area contributed by atoms with Crippen molar-refractivity contribution in [1.82, 2.24) is 20.2 Å². The molecule has 0 aliphatic heterocycles. The van der Waals surface area contributed by atoms with Gasteiger partial charge in [0.1, 0.15) is 0 Å². The van der Waals surface area contributed by atoms with Crippen molar-refractivity contribution in [3.63, 3.8) is 0 Å². The van der Waals surface area contributed by atoms with Crippen LogP contribution in [0.25, 0.3) is 22.3 Å². The van der Waals surface area contributed by atoms with Gasteiger partial charge in [-0.1, -0.05) is 45.1 Å². The first-order chi connectivity index (χ1) is 15.9. The van der Waals surface area contributed by atoms with E-state index in [9.17, 15) is 13.2 Å². The molecule has 0 unspecified atom stereocenters. The number of H-pyrrole nitrogens is 2. The molecule has 174 valence electrons. The number of anilines is 2. The Morgan fingerprint density at radius 3 is 2.36 bits per heavy atom. The van der Waals surface area contributed by atoms with Crippen molar-refractivity contribution >= 4 is 34.4 Å². The normalized spacial score (nSPS) is 14.7. The number of thioether (sulfide) groups is 1. The second kappa shape index (κ2) is 10.3. The van der Waals surface area contributed by atoms with Crippen LogP contribution in [0.4, 0.5) is 24.8 Å². The summed E-state index contributed by atoms with van der Waals surface area (Å²) in [5.74, 6) is 1.55. The fraction of sp³-hybridized carbons (Fsp3) is 0.333. The topological polar surface area (TPSA) is 69.4 Å². The molecule has 5 rings (SSSR count). The van der Waals surface area contributed by atoms with Crippen LogP contribution >= 0.6 is 11.8 Å². The van der Waals surface area contributed by atoms with E-state index in [1.165, 1.54) is 44.2 Å². The summed E-state index contributed by atoms with van der Waals surface area (Å²) in [7, 11) is 0. The minimum Gasteiger partial charge on any atom is -0.326 e. The number of halogens is 3. The highest BCUT2D eigenvalue weighted by Crippen LogP contribution is 2.37. The molecule has 5 nitrogen and oxygen atoms in total. The number of benzene rings is 2. The number of nitrogens with zero attached hydrogens (tertiary/aromatic N) is 2. The van der Waals surface area contributed by atoms with Crippen LogP contribution in [0, 0.1) is 5.92 Å². The van der Waals surface area contributed by atoms with E-state index in [4.69, 9.17) is 0 Å². The summed E-state index contributed by atoms with van der Waals surface area (Å²) in [6, 6.07) is 13.6. The Kier molecular flexibility index (Phi) is 7.27. The van der Waals surface area contributed by atoms with Crippen LogP contribution < -0.4 is 5.32 Å². The largest absolute Gasteiger partial charge is 0.446 e. The Labute approximate surface area is 194 Å². The number of aromatic nitrogens is 4. The zero-order valence-corrected chi connectivity index (χ0v) is 19.1. The van der Waals surface area contributed by atoms with E-state index in [0.29, 0.717) is 11.6 Å². The summed E-state index contributed by atoms with van der Waals surface area (Å²) in [5.41, 5.74) is -0.166. The summed E-state index contributed by atoms with van der Waals surface area (Å²) in [4.78, 5) is 7.73. The molecule has 4 aromatic rings. The molecule has 3 N–H and O–H groups in total. The Morgan fingerprint density at radius 2 is 1.76 bits per heavy atom. The lowest BCUT2D eigenvalue weighted by Crippen LogP contribution is -1.99. The third-order valence-electron chi connectivity index (χ3n) is 5.54. The number of nitrogens with one attached hydrogen (secondary N) is 3. The fourth-order valence-electron chi connectivity index (χ4n) is 3.84. The molecule has 33 heavy (non-hydrogen) atoms. The molecule has 1 saturated carbocycles. The van der Waals surface area contributed by atoms with Gasteiger partial charge in [0, 0.05) is 22.3 Å². The first-order valence-corrected chi connectivity index (χ1v) is 11.8. The van der Waals surface area contributed by atoms with E-state index in [0.717, 1.165) is 28.2 Å². The van der Waals surface area contributed by atoms with E-state index >= 15 is 0 Å². The lowest BCUT2D eigenvalue weighted by molar-refractivity contribution is -0.0328. The Balaban J connectivity index is 0.000000318. The van der Waals surface area contributed by atoms with Crippen molar-refractivity contribution in [2.75, 3.05) is 5.32 Å². The molecule has 1 aliphatic rings. The Hall–Kier alpha value is -2.94. The van der Waals surface area contributed by atoms with Crippen LogP contribution in [-0.4, -0.2) is 25.7 Å². The van der Waals surface area contributed by atoms with Gasteiger partial charge in [0.25, 0.3) is 0 Å². The van der Waals surface area contributed by atoms with Gasteiger partial charge in [-0.2, -0.15) is 18.3 Å². The summed E-state index contributed by atoms with van der Waals surface area (Å²) < 4.78 is 37.1. The van der Waals surface area contributed by atoms with Crippen molar-refractivity contribution in [2.24, 2.45) is 5.92 Å². The highest BCUT2D eigenvalue weighted by Gasteiger charge is 2.29. The number of hydrogen-bond donors (Lipinski definition) is 3. The second-order valence-corrected chi connectivity index (χ2v) is 9.37. The zero-order valence-electron chi connectivity index (χ0n) is 18.2. The highest BCUT2D eigenvalue weighted by atomic mass is 32.2. The van der Waals surface area contributed by atoms with Crippen LogP contribution in [0.2, 0.25) is 0 Å². The average Bonchev–Trinajstić information content (AvgIpc) is 3.44. The molecule has 2 heterocycles. The maximum atomic E-state index is 12.4. The van der Waals surface area contributed by atoms with Crippen LogP contribution in [0.5, 0.6) is 0 Å². The van der Waals surface area contributed by atoms with E-state index in [1.54, 1.807) is 18.3 Å². The lowest BCUT2D eigenvalue weighted by Gasteiger charge is -2.15. The molecule has 2 aromatic carbocycles. The Morgan fingerprint density at radius 1 is 1.00 bits per heavy atom.